The number of aromatic nitrogens is 2. The van der Waals surface area contributed by atoms with Gasteiger partial charge in [-0.05, 0) is 32.4 Å². The van der Waals surface area contributed by atoms with Gasteiger partial charge in [-0.15, -0.1) is 0 Å². The fourth-order valence-electron chi connectivity index (χ4n) is 1.84. The summed E-state index contributed by atoms with van der Waals surface area (Å²) in [6.07, 6.45) is 6.87. The van der Waals surface area contributed by atoms with E-state index in [4.69, 9.17) is 0 Å². The van der Waals surface area contributed by atoms with E-state index in [0.29, 0.717) is 0 Å². The average molecular weight is 222 g/mol. The molecule has 1 fully saturated rings. The van der Waals surface area contributed by atoms with E-state index in [9.17, 15) is 0 Å². The predicted octanol–water partition coefficient (Wildman–Crippen LogP) is 0.851. The van der Waals surface area contributed by atoms with Crippen molar-refractivity contribution >= 4 is 0 Å². The highest BCUT2D eigenvalue weighted by Crippen LogP contribution is 2.27. The number of aryl methyl sites for hydroxylation is 1. The second-order valence-electron chi connectivity index (χ2n) is 4.91. The van der Waals surface area contributed by atoms with Gasteiger partial charge < -0.3 is 10.2 Å². The molecule has 1 N–H and O–H groups in total. The molecule has 1 aromatic rings. The van der Waals surface area contributed by atoms with E-state index in [-0.39, 0.29) is 0 Å². The van der Waals surface area contributed by atoms with Gasteiger partial charge in [0.05, 0.1) is 6.20 Å². The monoisotopic (exact) mass is 222 g/mol. The first kappa shape index (κ1) is 11.6. The number of hydrogen-bond donors (Lipinski definition) is 1. The molecule has 16 heavy (non-hydrogen) atoms. The summed E-state index contributed by atoms with van der Waals surface area (Å²) in [5.74, 6) is 0.976. The lowest BCUT2D eigenvalue weighted by atomic mass is 10.3. The first-order chi connectivity index (χ1) is 7.74. The van der Waals surface area contributed by atoms with Gasteiger partial charge in [0.2, 0.25) is 0 Å². The quantitative estimate of drug-likeness (QED) is 0.694. The van der Waals surface area contributed by atoms with Crippen LogP contribution in [0.15, 0.2) is 12.4 Å². The molecule has 2 rings (SSSR count). The Labute approximate surface area is 97.6 Å². The van der Waals surface area contributed by atoms with Crippen molar-refractivity contribution in [2.24, 2.45) is 13.0 Å². The van der Waals surface area contributed by atoms with Crippen LogP contribution in [0.1, 0.15) is 18.4 Å². The third-order valence-electron chi connectivity index (χ3n) is 3.01. The van der Waals surface area contributed by atoms with Crippen LogP contribution in [0.4, 0.5) is 0 Å². The van der Waals surface area contributed by atoms with E-state index in [0.717, 1.165) is 25.6 Å². The van der Waals surface area contributed by atoms with Crippen molar-refractivity contribution in [1.29, 1.82) is 0 Å². The third-order valence-corrected chi connectivity index (χ3v) is 3.01. The van der Waals surface area contributed by atoms with E-state index in [1.54, 1.807) is 0 Å². The Morgan fingerprint density at radius 1 is 1.56 bits per heavy atom. The molecule has 0 aliphatic heterocycles. The van der Waals surface area contributed by atoms with Gasteiger partial charge in [-0.3, -0.25) is 4.68 Å². The molecule has 4 nitrogen and oxygen atoms in total. The number of rotatable bonds is 7. The van der Waals surface area contributed by atoms with Crippen LogP contribution in [-0.4, -0.2) is 41.4 Å². The molecule has 0 amide bonds. The minimum absolute atomic E-state index is 0.976. The molecule has 0 radical (unpaired) electrons. The Bertz CT molecular complexity index is 317. The molecule has 0 aromatic carbocycles. The van der Waals surface area contributed by atoms with Gasteiger partial charge in [-0.2, -0.15) is 5.10 Å². The molecular weight excluding hydrogens is 200 g/mol. The summed E-state index contributed by atoms with van der Waals surface area (Å²) in [5, 5.41) is 7.68. The van der Waals surface area contributed by atoms with Crippen molar-refractivity contribution in [2.45, 2.75) is 19.4 Å². The normalized spacial score (nSPS) is 15.9. The predicted molar refractivity (Wildman–Crippen MR) is 65.1 cm³/mol. The SMILES string of the molecule is CN(CCNCC1CC1)Cc1cnn(C)c1. The smallest absolute Gasteiger partial charge is 0.0534 e. The highest BCUT2D eigenvalue weighted by Gasteiger charge is 2.19. The van der Waals surface area contributed by atoms with Gasteiger partial charge in [0, 0.05) is 38.4 Å². The van der Waals surface area contributed by atoms with Crippen LogP contribution in [0.25, 0.3) is 0 Å². The summed E-state index contributed by atoms with van der Waals surface area (Å²) in [6.45, 7) is 4.38. The second-order valence-corrected chi connectivity index (χ2v) is 4.91. The fourth-order valence-corrected chi connectivity index (χ4v) is 1.84. The molecule has 0 atom stereocenters. The first-order valence-electron chi connectivity index (χ1n) is 6.11. The summed E-state index contributed by atoms with van der Waals surface area (Å²) in [7, 11) is 4.12. The van der Waals surface area contributed by atoms with Crippen molar-refractivity contribution in [2.75, 3.05) is 26.7 Å². The average Bonchev–Trinajstić information content (AvgIpc) is 2.98. The topological polar surface area (TPSA) is 33.1 Å². The Morgan fingerprint density at radius 2 is 2.38 bits per heavy atom. The van der Waals surface area contributed by atoms with Crippen LogP contribution in [0.3, 0.4) is 0 Å². The van der Waals surface area contributed by atoms with Crippen LogP contribution in [-0.2, 0) is 13.6 Å². The van der Waals surface area contributed by atoms with Crippen LogP contribution >= 0.6 is 0 Å². The lowest BCUT2D eigenvalue weighted by molar-refractivity contribution is 0.323. The molecule has 90 valence electrons. The minimum Gasteiger partial charge on any atom is -0.315 e. The van der Waals surface area contributed by atoms with Gasteiger partial charge in [0.25, 0.3) is 0 Å². The molecule has 0 saturated heterocycles. The lowest BCUT2D eigenvalue weighted by Crippen LogP contribution is -2.29. The Kier molecular flexibility index (Phi) is 3.96. The molecule has 1 heterocycles. The standard InChI is InChI=1S/C12H22N4/c1-15(6-5-13-7-11-3-4-11)9-12-8-14-16(2)10-12/h8,10-11,13H,3-7,9H2,1-2H3. The van der Waals surface area contributed by atoms with Crippen LogP contribution in [0.5, 0.6) is 0 Å². The van der Waals surface area contributed by atoms with Crippen molar-refractivity contribution in [3.8, 4) is 0 Å². The zero-order chi connectivity index (χ0) is 11.4. The van der Waals surface area contributed by atoms with Gasteiger partial charge in [0.15, 0.2) is 0 Å². The molecular formula is C12H22N4. The largest absolute Gasteiger partial charge is 0.315 e. The first-order valence-corrected chi connectivity index (χ1v) is 6.11. The highest BCUT2D eigenvalue weighted by molar-refractivity contribution is 5.02. The van der Waals surface area contributed by atoms with Crippen molar-refractivity contribution < 1.29 is 0 Å². The van der Waals surface area contributed by atoms with Gasteiger partial charge in [0.1, 0.15) is 0 Å². The molecule has 0 unspecified atom stereocenters. The summed E-state index contributed by atoms with van der Waals surface area (Å²) in [5.41, 5.74) is 1.28. The van der Waals surface area contributed by atoms with E-state index >= 15 is 0 Å². The Balaban J connectivity index is 1.57. The molecule has 4 heteroatoms. The molecule has 1 aliphatic rings. The number of hydrogen-bond acceptors (Lipinski definition) is 3. The van der Waals surface area contributed by atoms with E-state index in [2.05, 4.69) is 28.6 Å². The number of nitrogens with zero attached hydrogens (tertiary/aromatic N) is 3. The molecule has 0 bridgehead atoms. The van der Waals surface area contributed by atoms with E-state index < -0.39 is 0 Å². The maximum Gasteiger partial charge on any atom is 0.0534 e. The third kappa shape index (κ3) is 3.94. The molecule has 1 aromatic heterocycles. The summed E-state index contributed by atoms with van der Waals surface area (Å²) in [4.78, 5) is 2.33. The van der Waals surface area contributed by atoms with Crippen LogP contribution in [0, 0.1) is 5.92 Å². The Morgan fingerprint density at radius 3 is 3.00 bits per heavy atom. The van der Waals surface area contributed by atoms with E-state index in [1.807, 2.05) is 17.9 Å². The lowest BCUT2D eigenvalue weighted by Gasteiger charge is -2.15. The molecule has 1 aliphatic carbocycles. The molecule has 1 saturated carbocycles. The summed E-state index contributed by atoms with van der Waals surface area (Å²) >= 11 is 0. The second kappa shape index (κ2) is 5.46. The fraction of sp³-hybridized carbons (Fsp3) is 0.750. The summed E-state index contributed by atoms with van der Waals surface area (Å²) in [6, 6.07) is 0. The zero-order valence-corrected chi connectivity index (χ0v) is 10.3. The van der Waals surface area contributed by atoms with Gasteiger partial charge in [-0.25, -0.2) is 0 Å². The van der Waals surface area contributed by atoms with Crippen molar-refractivity contribution in [3.63, 3.8) is 0 Å². The van der Waals surface area contributed by atoms with Gasteiger partial charge in [-0.1, -0.05) is 0 Å². The highest BCUT2D eigenvalue weighted by atomic mass is 15.2. The van der Waals surface area contributed by atoms with Crippen molar-refractivity contribution in [3.05, 3.63) is 18.0 Å². The Hall–Kier alpha value is -0.870. The molecule has 0 spiro atoms. The number of likely N-dealkylation sites (N-methyl/N-ethyl adjacent to an activating group) is 1. The minimum atomic E-state index is 0.976. The van der Waals surface area contributed by atoms with Crippen LogP contribution in [0.2, 0.25) is 0 Å². The zero-order valence-electron chi connectivity index (χ0n) is 10.3. The number of nitrogens with one attached hydrogen (secondary N) is 1. The van der Waals surface area contributed by atoms with Gasteiger partial charge >= 0.3 is 0 Å². The summed E-state index contributed by atoms with van der Waals surface area (Å²) < 4.78 is 1.86. The van der Waals surface area contributed by atoms with Crippen LogP contribution < -0.4 is 5.32 Å². The van der Waals surface area contributed by atoms with E-state index in [1.165, 1.54) is 24.9 Å². The maximum atomic E-state index is 4.17. The van der Waals surface area contributed by atoms with Crippen molar-refractivity contribution in [1.82, 2.24) is 20.0 Å². The maximum absolute atomic E-state index is 4.17.